The smallest absolute Gasteiger partial charge is 0.410 e. The number of likely N-dealkylation sites (tertiary alicyclic amines) is 1. The Labute approximate surface area is 160 Å². The van der Waals surface area contributed by atoms with E-state index in [2.05, 4.69) is 21.2 Å². The molecular formula is C20H28N4O3. The summed E-state index contributed by atoms with van der Waals surface area (Å²) < 4.78 is 5.43. The summed E-state index contributed by atoms with van der Waals surface area (Å²) in [5.74, 6) is 0.0767. The van der Waals surface area contributed by atoms with Gasteiger partial charge in [0.2, 0.25) is 5.91 Å². The van der Waals surface area contributed by atoms with E-state index in [1.807, 2.05) is 32.9 Å². The zero-order valence-electron chi connectivity index (χ0n) is 16.3. The topological polar surface area (TPSA) is 65.1 Å². The van der Waals surface area contributed by atoms with Crippen LogP contribution in [-0.2, 0) is 16.0 Å². The molecule has 1 N–H and O–H groups in total. The van der Waals surface area contributed by atoms with Gasteiger partial charge in [-0.25, -0.2) is 4.79 Å². The van der Waals surface area contributed by atoms with Crippen LogP contribution in [-0.4, -0.2) is 72.7 Å². The molecule has 1 aromatic rings. The lowest BCUT2D eigenvalue weighted by Crippen LogP contribution is -2.64. The van der Waals surface area contributed by atoms with Crippen molar-refractivity contribution in [3.05, 3.63) is 23.8 Å². The Morgan fingerprint density at radius 2 is 1.85 bits per heavy atom. The zero-order chi connectivity index (χ0) is 19.2. The van der Waals surface area contributed by atoms with Crippen LogP contribution in [0.5, 0.6) is 0 Å². The number of ether oxygens (including phenoxy) is 1. The Hall–Kier alpha value is -2.28. The van der Waals surface area contributed by atoms with Crippen molar-refractivity contribution >= 4 is 23.4 Å². The lowest BCUT2D eigenvalue weighted by molar-refractivity contribution is -0.115. The summed E-state index contributed by atoms with van der Waals surface area (Å²) in [7, 11) is 0. The van der Waals surface area contributed by atoms with Crippen LogP contribution in [0.4, 0.5) is 16.2 Å². The van der Waals surface area contributed by atoms with Gasteiger partial charge in [0.05, 0.1) is 6.42 Å². The molecule has 0 bridgehead atoms. The van der Waals surface area contributed by atoms with Crippen LogP contribution in [0.15, 0.2) is 18.2 Å². The number of amides is 2. The number of fused-ring (bicyclic) bond motifs is 1. The molecule has 2 fully saturated rings. The molecule has 3 aliphatic rings. The average Bonchev–Trinajstić information content (AvgIpc) is 2.92. The van der Waals surface area contributed by atoms with Gasteiger partial charge in [0, 0.05) is 62.2 Å². The van der Waals surface area contributed by atoms with Gasteiger partial charge >= 0.3 is 6.09 Å². The minimum Gasteiger partial charge on any atom is -0.444 e. The number of rotatable bonds is 2. The maximum atomic E-state index is 12.1. The van der Waals surface area contributed by atoms with Crippen LogP contribution in [0.3, 0.4) is 0 Å². The molecule has 7 heteroatoms. The monoisotopic (exact) mass is 372 g/mol. The van der Waals surface area contributed by atoms with Gasteiger partial charge in [-0.05, 0) is 32.9 Å². The first-order valence-corrected chi connectivity index (χ1v) is 9.69. The third-order valence-electron chi connectivity index (χ3n) is 5.45. The molecule has 1 aromatic carbocycles. The van der Waals surface area contributed by atoms with E-state index in [0.717, 1.165) is 50.5 Å². The van der Waals surface area contributed by atoms with Gasteiger partial charge < -0.3 is 19.9 Å². The molecule has 0 aromatic heterocycles. The molecule has 2 saturated heterocycles. The Morgan fingerprint density at radius 1 is 1.15 bits per heavy atom. The molecule has 2 amide bonds. The fraction of sp³-hybridized carbons (Fsp3) is 0.600. The van der Waals surface area contributed by atoms with Crippen molar-refractivity contribution in [2.24, 2.45) is 0 Å². The van der Waals surface area contributed by atoms with Gasteiger partial charge in [0.15, 0.2) is 0 Å². The van der Waals surface area contributed by atoms with Gasteiger partial charge in [-0.2, -0.15) is 0 Å². The average molecular weight is 372 g/mol. The van der Waals surface area contributed by atoms with Crippen molar-refractivity contribution in [3.63, 3.8) is 0 Å². The Morgan fingerprint density at radius 3 is 2.52 bits per heavy atom. The fourth-order valence-electron chi connectivity index (χ4n) is 4.02. The zero-order valence-corrected chi connectivity index (χ0v) is 16.3. The maximum Gasteiger partial charge on any atom is 0.410 e. The molecule has 4 rings (SSSR count). The second-order valence-electron chi connectivity index (χ2n) is 8.59. The number of anilines is 2. The van der Waals surface area contributed by atoms with Crippen LogP contribution in [0, 0.1) is 0 Å². The molecule has 0 atom stereocenters. The molecule has 0 unspecified atom stereocenters. The molecule has 3 aliphatic heterocycles. The summed E-state index contributed by atoms with van der Waals surface area (Å²) in [5.41, 5.74) is 2.80. The summed E-state index contributed by atoms with van der Waals surface area (Å²) in [4.78, 5) is 30.4. The lowest BCUT2D eigenvalue weighted by Gasteiger charge is -2.48. The first kappa shape index (κ1) is 18.1. The van der Waals surface area contributed by atoms with Crippen molar-refractivity contribution in [2.75, 3.05) is 49.5 Å². The number of piperazine rings is 1. The molecule has 0 saturated carbocycles. The van der Waals surface area contributed by atoms with Crippen molar-refractivity contribution in [1.29, 1.82) is 0 Å². The van der Waals surface area contributed by atoms with Crippen molar-refractivity contribution in [1.82, 2.24) is 9.80 Å². The highest BCUT2D eigenvalue weighted by Gasteiger charge is 2.38. The summed E-state index contributed by atoms with van der Waals surface area (Å²) in [6.07, 6.45) is 0.258. The van der Waals surface area contributed by atoms with Crippen LogP contribution in [0.2, 0.25) is 0 Å². The Kier molecular flexibility index (Phi) is 4.50. The SMILES string of the molecule is CC(C)(C)OC(=O)N1CC(N2CCN(c3cccc4c3CC(=O)N4)CC2)C1. The van der Waals surface area contributed by atoms with E-state index in [4.69, 9.17) is 4.74 Å². The standard InChI is InChI=1S/C20H28N4O3/c1-20(2,3)27-19(26)24-12-14(13-24)22-7-9-23(10-8-22)17-6-4-5-16-15(17)11-18(25)21-16/h4-6,14H,7-13H2,1-3H3,(H,21,25). The van der Waals surface area contributed by atoms with Gasteiger partial charge in [0.1, 0.15) is 5.60 Å². The summed E-state index contributed by atoms with van der Waals surface area (Å²) in [6.45, 7) is 11.0. The highest BCUT2D eigenvalue weighted by Crippen LogP contribution is 2.33. The third kappa shape index (κ3) is 3.74. The second-order valence-corrected chi connectivity index (χ2v) is 8.59. The number of hydrogen-bond acceptors (Lipinski definition) is 5. The first-order chi connectivity index (χ1) is 12.8. The van der Waals surface area contributed by atoms with Crippen LogP contribution in [0.25, 0.3) is 0 Å². The van der Waals surface area contributed by atoms with Gasteiger partial charge in [0.25, 0.3) is 0 Å². The van der Waals surface area contributed by atoms with Gasteiger partial charge in [-0.3, -0.25) is 9.69 Å². The summed E-state index contributed by atoms with van der Waals surface area (Å²) in [5, 5.41) is 2.93. The quantitative estimate of drug-likeness (QED) is 0.859. The van der Waals surface area contributed by atoms with E-state index in [9.17, 15) is 9.59 Å². The molecule has 146 valence electrons. The number of carbonyl (C=O) groups excluding carboxylic acids is 2. The maximum absolute atomic E-state index is 12.1. The number of carbonyl (C=O) groups is 2. The minimum absolute atomic E-state index is 0.0767. The predicted molar refractivity (Wildman–Crippen MR) is 104 cm³/mol. The number of nitrogens with zero attached hydrogens (tertiary/aromatic N) is 3. The molecule has 27 heavy (non-hydrogen) atoms. The largest absolute Gasteiger partial charge is 0.444 e. The Bertz CT molecular complexity index is 744. The van der Waals surface area contributed by atoms with E-state index >= 15 is 0 Å². The Balaban J connectivity index is 1.29. The molecule has 7 nitrogen and oxygen atoms in total. The van der Waals surface area contributed by atoms with Crippen molar-refractivity contribution in [3.8, 4) is 0 Å². The molecule has 0 spiro atoms. The van der Waals surface area contributed by atoms with Gasteiger partial charge in [-0.15, -0.1) is 0 Å². The molecule has 0 radical (unpaired) electrons. The highest BCUT2D eigenvalue weighted by atomic mass is 16.6. The van der Waals surface area contributed by atoms with E-state index in [1.165, 1.54) is 5.69 Å². The second kappa shape index (κ2) is 6.71. The minimum atomic E-state index is -0.444. The highest BCUT2D eigenvalue weighted by molar-refractivity contribution is 6.01. The number of nitrogens with one attached hydrogen (secondary N) is 1. The fourth-order valence-corrected chi connectivity index (χ4v) is 4.02. The van der Waals surface area contributed by atoms with Crippen LogP contribution >= 0.6 is 0 Å². The normalized spacial score (nSPS) is 20.9. The molecule has 0 aliphatic carbocycles. The third-order valence-corrected chi connectivity index (χ3v) is 5.45. The van der Waals surface area contributed by atoms with E-state index in [1.54, 1.807) is 4.90 Å². The van der Waals surface area contributed by atoms with Crippen LogP contribution in [0.1, 0.15) is 26.3 Å². The van der Waals surface area contributed by atoms with Crippen LogP contribution < -0.4 is 10.2 Å². The van der Waals surface area contributed by atoms with Crippen molar-refractivity contribution in [2.45, 2.75) is 38.8 Å². The predicted octanol–water partition coefficient (Wildman–Crippen LogP) is 1.92. The summed E-state index contributed by atoms with van der Waals surface area (Å²) in [6, 6.07) is 6.52. The molecule has 3 heterocycles. The van der Waals surface area contributed by atoms with E-state index in [0.29, 0.717) is 12.5 Å². The number of hydrogen-bond donors (Lipinski definition) is 1. The molecular weight excluding hydrogens is 344 g/mol. The first-order valence-electron chi connectivity index (χ1n) is 9.69. The number of benzene rings is 1. The van der Waals surface area contributed by atoms with E-state index in [-0.39, 0.29) is 12.0 Å². The lowest BCUT2D eigenvalue weighted by atomic mass is 10.1. The van der Waals surface area contributed by atoms with E-state index < -0.39 is 5.60 Å². The van der Waals surface area contributed by atoms with Gasteiger partial charge in [-0.1, -0.05) is 6.07 Å². The summed E-state index contributed by atoms with van der Waals surface area (Å²) >= 11 is 0. The van der Waals surface area contributed by atoms with Crippen molar-refractivity contribution < 1.29 is 14.3 Å².